The van der Waals surface area contributed by atoms with Gasteiger partial charge in [0, 0.05) is 32.2 Å². The van der Waals surface area contributed by atoms with Gasteiger partial charge in [-0.05, 0) is 63.7 Å². The molecule has 6 nitrogen and oxygen atoms in total. The lowest BCUT2D eigenvalue weighted by Gasteiger charge is -2.34. The van der Waals surface area contributed by atoms with E-state index in [1.807, 2.05) is 0 Å². The van der Waals surface area contributed by atoms with Gasteiger partial charge >= 0.3 is 0 Å². The molecule has 2 saturated heterocycles. The van der Waals surface area contributed by atoms with E-state index in [1.54, 1.807) is 0 Å². The number of hydrogen-bond acceptors (Lipinski definition) is 4. The summed E-state index contributed by atoms with van der Waals surface area (Å²) in [6, 6.07) is 9.06. The molecule has 0 radical (unpaired) electrons. The van der Waals surface area contributed by atoms with Crippen molar-refractivity contribution >= 4 is 22.9 Å². The van der Waals surface area contributed by atoms with E-state index in [0.717, 1.165) is 50.5 Å². The molecule has 1 aromatic heterocycles. The third-order valence-corrected chi connectivity index (χ3v) is 7.27. The highest BCUT2D eigenvalue weighted by atomic mass is 16.1. The first-order valence-electron chi connectivity index (χ1n) is 12.0. The Bertz CT molecular complexity index is 866. The van der Waals surface area contributed by atoms with Gasteiger partial charge in [-0.2, -0.15) is 0 Å². The number of nitrogens with zero attached hydrogens (tertiary/aromatic N) is 4. The van der Waals surface area contributed by atoms with Crippen molar-refractivity contribution < 1.29 is 4.79 Å². The molecule has 5 rings (SSSR count). The van der Waals surface area contributed by atoms with Crippen LogP contribution >= 0.6 is 0 Å². The number of aromatic nitrogens is 2. The summed E-state index contributed by atoms with van der Waals surface area (Å²) in [5.41, 5.74) is 2.33. The summed E-state index contributed by atoms with van der Waals surface area (Å²) in [5.74, 6) is 1.37. The number of hydrogen-bond donors (Lipinski definition) is 1. The number of piperidine rings is 1. The first kappa shape index (κ1) is 19.9. The molecule has 2 aromatic rings. The van der Waals surface area contributed by atoms with Gasteiger partial charge in [0.05, 0.1) is 17.0 Å². The molecule has 1 aliphatic carbocycles. The van der Waals surface area contributed by atoms with Crippen molar-refractivity contribution in [3.63, 3.8) is 0 Å². The van der Waals surface area contributed by atoms with E-state index in [0.29, 0.717) is 6.04 Å². The fourth-order valence-electron chi connectivity index (χ4n) is 5.64. The Balaban J connectivity index is 1.29. The second-order valence-electron chi connectivity index (χ2n) is 9.33. The Morgan fingerprint density at radius 3 is 2.63 bits per heavy atom. The maximum absolute atomic E-state index is 12.9. The molecule has 0 spiro atoms. The molecule has 1 atom stereocenters. The number of nitrogens with one attached hydrogen (secondary N) is 1. The molecule has 1 saturated carbocycles. The number of imidazole rings is 1. The molecule has 1 amide bonds. The van der Waals surface area contributed by atoms with Crippen LogP contribution in [-0.4, -0.2) is 59.6 Å². The molecule has 6 heteroatoms. The van der Waals surface area contributed by atoms with Crippen molar-refractivity contribution in [1.82, 2.24) is 19.8 Å². The minimum Gasteiger partial charge on any atom is -0.355 e. The van der Waals surface area contributed by atoms with Gasteiger partial charge in [0.1, 0.15) is 0 Å². The smallest absolute Gasteiger partial charge is 0.224 e. The van der Waals surface area contributed by atoms with Crippen LogP contribution in [0.2, 0.25) is 0 Å². The van der Waals surface area contributed by atoms with Crippen LogP contribution in [0.1, 0.15) is 57.4 Å². The van der Waals surface area contributed by atoms with E-state index in [1.165, 1.54) is 57.1 Å². The molecule has 0 bridgehead atoms. The molecule has 30 heavy (non-hydrogen) atoms. The van der Waals surface area contributed by atoms with Crippen molar-refractivity contribution in [3.8, 4) is 0 Å². The van der Waals surface area contributed by atoms with E-state index >= 15 is 0 Å². The van der Waals surface area contributed by atoms with Crippen LogP contribution in [-0.2, 0) is 4.79 Å². The fraction of sp³-hybridized carbons (Fsp3) is 0.667. The predicted octanol–water partition coefficient (Wildman–Crippen LogP) is 3.58. The monoisotopic (exact) mass is 409 g/mol. The Morgan fingerprint density at radius 2 is 1.80 bits per heavy atom. The second kappa shape index (κ2) is 8.96. The number of anilines is 1. The van der Waals surface area contributed by atoms with Crippen LogP contribution in [0.5, 0.6) is 0 Å². The molecule has 3 fully saturated rings. The highest BCUT2D eigenvalue weighted by Crippen LogP contribution is 2.37. The number of likely N-dealkylation sites (tertiary alicyclic amines) is 1. The maximum atomic E-state index is 12.9. The lowest BCUT2D eigenvalue weighted by atomic mass is 9.97. The van der Waals surface area contributed by atoms with Crippen LogP contribution in [0.25, 0.3) is 11.0 Å². The summed E-state index contributed by atoms with van der Waals surface area (Å²) in [4.78, 5) is 22.8. The van der Waals surface area contributed by atoms with Gasteiger partial charge in [0.15, 0.2) is 0 Å². The van der Waals surface area contributed by atoms with Gasteiger partial charge in [-0.25, -0.2) is 4.98 Å². The zero-order valence-electron chi connectivity index (χ0n) is 18.1. The minimum absolute atomic E-state index is 0.0640. The van der Waals surface area contributed by atoms with Gasteiger partial charge in [0.2, 0.25) is 11.9 Å². The standard InChI is InChI=1S/C24H35N5O/c30-23(25-13-17-27-14-5-6-15-27)19-8-7-16-28(18-19)24-26-21-11-3-4-12-22(21)29(24)20-9-1-2-10-20/h3-4,11-12,19-20H,1-2,5-10,13-18H2,(H,25,30)/t19-/m1/s1. The van der Waals surface area contributed by atoms with Crippen molar-refractivity contribution in [1.29, 1.82) is 0 Å². The molecule has 1 N–H and O–H groups in total. The summed E-state index contributed by atoms with van der Waals surface area (Å²) in [6.07, 6.45) is 9.72. The van der Waals surface area contributed by atoms with Crippen LogP contribution in [0.4, 0.5) is 5.95 Å². The lowest BCUT2D eigenvalue weighted by molar-refractivity contribution is -0.125. The van der Waals surface area contributed by atoms with Crippen LogP contribution in [0.15, 0.2) is 24.3 Å². The zero-order valence-corrected chi connectivity index (χ0v) is 18.1. The Kier molecular flexibility index (Phi) is 5.93. The quantitative estimate of drug-likeness (QED) is 0.792. The van der Waals surface area contributed by atoms with Gasteiger partial charge in [-0.1, -0.05) is 25.0 Å². The number of para-hydroxylation sites is 2. The SMILES string of the molecule is O=C(NCCN1CCCC1)[C@@H]1CCCN(c2nc3ccccc3n2C2CCCC2)C1. The number of carbonyl (C=O) groups is 1. The van der Waals surface area contributed by atoms with E-state index in [-0.39, 0.29) is 11.8 Å². The number of amides is 1. The Morgan fingerprint density at radius 1 is 1.00 bits per heavy atom. The van der Waals surface area contributed by atoms with E-state index in [2.05, 4.69) is 43.9 Å². The topological polar surface area (TPSA) is 53.4 Å². The average Bonchev–Trinajstić information content (AvgIpc) is 3.53. The molecular formula is C24H35N5O. The minimum atomic E-state index is 0.0640. The summed E-state index contributed by atoms with van der Waals surface area (Å²) < 4.78 is 2.48. The second-order valence-corrected chi connectivity index (χ2v) is 9.33. The van der Waals surface area contributed by atoms with Gasteiger partial charge in [-0.3, -0.25) is 4.79 Å². The van der Waals surface area contributed by atoms with E-state index in [9.17, 15) is 4.79 Å². The van der Waals surface area contributed by atoms with Crippen molar-refractivity contribution in [3.05, 3.63) is 24.3 Å². The zero-order chi connectivity index (χ0) is 20.3. The lowest BCUT2D eigenvalue weighted by Crippen LogP contribution is -2.45. The third kappa shape index (κ3) is 4.07. The molecule has 0 unspecified atom stereocenters. The van der Waals surface area contributed by atoms with Crippen LogP contribution in [0, 0.1) is 5.92 Å². The number of rotatable bonds is 6. The highest BCUT2D eigenvalue weighted by molar-refractivity contribution is 5.81. The summed E-state index contributed by atoms with van der Waals surface area (Å²) >= 11 is 0. The summed E-state index contributed by atoms with van der Waals surface area (Å²) in [6.45, 7) is 5.91. The van der Waals surface area contributed by atoms with Crippen LogP contribution < -0.4 is 10.2 Å². The van der Waals surface area contributed by atoms with Crippen molar-refractivity contribution in [2.45, 2.75) is 57.4 Å². The molecule has 3 aliphatic rings. The molecule has 1 aromatic carbocycles. The highest BCUT2D eigenvalue weighted by Gasteiger charge is 2.31. The molecule has 162 valence electrons. The Labute approximate surface area is 179 Å². The molecule has 2 aliphatic heterocycles. The summed E-state index contributed by atoms with van der Waals surface area (Å²) in [7, 11) is 0. The largest absolute Gasteiger partial charge is 0.355 e. The van der Waals surface area contributed by atoms with Gasteiger partial charge in [-0.15, -0.1) is 0 Å². The third-order valence-electron chi connectivity index (χ3n) is 7.27. The maximum Gasteiger partial charge on any atom is 0.224 e. The summed E-state index contributed by atoms with van der Waals surface area (Å²) in [5, 5.41) is 3.21. The number of benzene rings is 1. The van der Waals surface area contributed by atoms with Gasteiger partial charge in [0.25, 0.3) is 0 Å². The normalized spacial score (nSPS) is 23.5. The molecule has 3 heterocycles. The fourth-order valence-corrected chi connectivity index (χ4v) is 5.64. The van der Waals surface area contributed by atoms with Crippen LogP contribution in [0.3, 0.4) is 0 Å². The predicted molar refractivity (Wildman–Crippen MR) is 121 cm³/mol. The first-order valence-corrected chi connectivity index (χ1v) is 12.0. The Hall–Kier alpha value is -2.08. The van der Waals surface area contributed by atoms with Crippen molar-refractivity contribution in [2.24, 2.45) is 5.92 Å². The number of fused-ring (bicyclic) bond motifs is 1. The number of carbonyl (C=O) groups excluding carboxylic acids is 1. The van der Waals surface area contributed by atoms with E-state index < -0.39 is 0 Å². The van der Waals surface area contributed by atoms with E-state index in [4.69, 9.17) is 4.98 Å². The van der Waals surface area contributed by atoms with Crippen molar-refractivity contribution in [2.75, 3.05) is 44.2 Å². The average molecular weight is 410 g/mol. The van der Waals surface area contributed by atoms with Gasteiger partial charge < -0.3 is 19.7 Å². The first-order chi connectivity index (χ1) is 14.8. The molecular weight excluding hydrogens is 374 g/mol.